The number of nitrogens with zero attached hydrogens (tertiary/aromatic N) is 4. The van der Waals surface area contributed by atoms with E-state index in [1.54, 1.807) is 43.1 Å². The highest BCUT2D eigenvalue weighted by molar-refractivity contribution is 5.95. The minimum absolute atomic E-state index is 0.00936. The van der Waals surface area contributed by atoms with Crippen LogP contribution in [0.5, 0.6) is 11.5 Å². The molecule has 9 heteroatoms. The Morgan fingerprint density at radius 1 is 1.24 bits per heavy atom. The summed E-state index contributed by atoms with van der Waals surface area (Å²) in [6.07, 6.45) is 3.13. The summed E-state index contributed by atoms with van der Waals surface area (Å²) in [6, 6.07) is 4.83. The first-order chi connectivity index (χ1) is 13.9. The molecule has 2 amide bonds. The molecule has 0 spiro atoms. The molecule has 156 valence electrons. The summed E-state index contributed by atoms with van der Waals surface area (Å²) in [5, 5.41) is 10.8. The van der Waals surface area contributed by atoms with E-state index in [2.05, 4.69) is 15.5 Å². The second-order valence-electron chi connectivity index (χ2n) is 7.18. The number of rotatable bonds is 6. The van der Waals surface area contributed by atoms with E-state index in [4.69, 9.17) is 9.47 Å². The molecule has 1 N–H and O–H groups in total. The summed E-state index contributed by atoms with van der Waals surface area (Å²) >= 11 is 0. The van der Waals surface area contributed by atoms with Gasteiger partial charge in [0.1, 0.15) is 12.4 Å². The molecule has 9 nitrogen and oxygen atoms in total. The third kappa shape index (κ3) is 4.85. The van der Waals surface area contributed by atoms with Crippen molar-refractivity contribution in [3.05, 3.63) is 35.9 Å². The fourth-order valence-corrected chi connectivity index (χ4v) is 3.40. The Labute approximate surface area is 170 Å². The predicted molar refractivity (Wildman–Crippen MR) is 106 cm³/mol. The Balaban J connectivity index is 1.64. The van der Waals surface area contributed by atoms with E-state index < -0.39 is 0 Å². The first-order valence-corrected chi connectivity index (χ1v) is 9.64. The number of hydrogen-bond acceptors (Lipinski definition) is 6. The van der Waals surface area contributed by atoms with Crippen molar-refractivity contribution >= 4 is 11.8 Å². The summed E-state index contributed by atoms with van der Waals surface area (Å²) in [5.74, 6) is 1.61. The van der Waals surface area contributed by atoms with E-state index in [1.165, 1.54) is 0 Å². The number of hydrogen-bond donors (Lipinski definition) is 1. The van der Waals surface area contributed by atoms with Crippen LogP contribution in [-0.4, -0.2) is 57.8 Å². The van der Waals surface area contributed by atoms with Crippen LogP contribution in [0, 0.1) is 0 Å². The third-order valence-electron chi connectivity index (χ3n) is 5.09. The molecule has 1 aromatic heterocycles. The number of nitrogens with one attached hydrogen (secondary N) is 1. The number of piperidine rings is 1. The maximum atomic E-state index is 12.6. The van der Waals surface area contributed by atoms with Gasteiger partial charge in [0.05, 0.1) is 13.2 Å². The van der Waals surface area contributed by atoms with Crippen LogP contribution in [0.1, 0.15) is 48.9 Å². The predicted octanol–water partition coefficient (Wildman–Crippen LogP) is 1.70. The molecule has 0 aliphatic carbocycles. The van der Waals surface area contributed by atoms with Crippen LogP contribution in [0.3, 0.4) is 0 Å². The summed E-state index contributed by atoms with van der Waals surface area (Å²) < 4.78 is 13.3. The number of benzene rings is 1. The zero-order valence-electron chi connectivity index (χ0n) is 17.2. The van der Waals surface area contributed by atoms with Crippen LogP contribution in [0.4, 0.5) is 0 Å². The molecule has 0 radical (unpaired) electrons. The van der Waals surface area contributed by atoms with Gasteiger partial charge in [0.15, 0.2) is 17.3 Å². The van der Waals surface area contributed by atoms with Gasteiger partial charge in [0.25, 0.3) is 5.91 Å². The quantitative estimate of drug-likeness (QED) is 0.791. The van der Waals surface area contributed by atoms with Crippen molar-refractivity contribution in [3.63, 3.8) is 0 Å². The van der Waals surface area contributed by atoms with Gasteiger partial charge in [-0.1, -0.05) is 0 Å². The average molecular weight is 401 g/mol. The van der Waals surface area contributed by atoms with Crippen molar-refractivity contribution in [2.45, 2.75) is 38.8 Å². The Kier molecular flexibility index (Phi) is 6.36. The highest BCUT2D eigenvalue weighted by Crippen LogP contribution is 2.31. The van der Waals surface area contributed by atoms with Gasteiger partial charge in [-0.05, 0) is 25.1 Å². The van der Waals surface area contributed by atoms with Crippen molar-refractivity contribution in [1.82, 2.24) is 25.0 Å². The lowest BCUT2D eigenvalue weighted by atomic mass is 10.1. The molecule has 1 aliphatic rings. The standard InChI is InChI=1S/C20H27N5O4/c1-13(19-23-21-12-24(19)3)22-20(27)15-5-6-17(18(11-15)28-4)29-16-7-9-25(10-8-16)14(2)26/h5-6,11-13,16H,7-10H2,1-4H3,(H,22,27)/t13-/m0/s1. The second-order valence-corrected chi connectivity index (χ2v) is 7.18. The monoisotopic (exact) mass is 401 g/mol. The molecule has 0 bridgehead atoms. The fourth-order valence-electron chi connectivity index (χ4n) is 3.40. The molecular weight excluding hydrogens is 374 g/mol. The van der Waals surface area contributed by atoms with Crippen molar-refractivity contribution in [3.8, 4) is 11.5 Å². The van der Waals surface area contributed by atoms with Gasteiger partial charge in [0, 0.05) is 45.5 Å². The number of aryl methyl sites for hydroxylation is 1. The fraction of sp³-hybridized carbons (Fsp3) is 0.500. The van der Waals surface area contributed by atoms with E-state index in [0.29, 0.717) is 36.0 Å². The van der Waals surface area contributed by atoms with Crippen LogP contribution in [-0.2, 0) is 11.8 Å². The van der Waals surface area contributed by atoms with Gasteiger partial charge in [-0.2, -0.15) is 0 Å². The number of carbonyl (C=O) groups is 2. The SMILES string of the molecule is COc1cc(C(=O)N[C@@H](C)c2nncn2C)ccc1OC1CCN(C(C)=O)CC1. The lowest BCUT2D eigenvalue weighted by molar-refractivity contribution is -0.130. The molecule has 2 aromatic rings. The topological polar surface area (TPSA) is 98.6 Å². The number of aromatic nitrogens is 3. The van der Waals surface area contributed by atoms with Crippen molar-refractivity contribution < 1.29 is 19.1 Å². The van der Waals surface area contributed by atoms with Gasteiger partial charge in [-0.3, -0.25) is 9.59 Å². The zero-order chi connectivity index (χ0) is 21.0. The van der Waals surface area contributed by atoms with Crippen LogP contribution in [0.15, 0.2) is 24.5 Å². The van der Waals surface area contributed by atoms with Crippen LogP contribution in [0.25, 0.3) is 0 Å². The number of methoxy groups -OCH3 is 1. The van der Waals surface area contributed by atoms with E-state index in [1.807, 2.05) is 18.9 Å². The molecule has 1 aromatic carbocycles. The van der Waals surface area contributed by atoms with E-state index >= 15 is 0 Å². The smallest absolute Gasteiger partial charge is 0.252 e. The maximum Gasteiger partial charge on any atom is 0.252 e. The first-order valence-electron chi connectivity index (χ1n) is 9.64. The van der Waals surface area contributed by atoms with E-state index in [0.717, 1.165) is 12.8 Å². The molecule has 0 unspecified atom stereocenters. The summed E-state index contributed by atoms with van der Waals surface area (Å²) in [6.45, 7) is 4.80. The Morgan fingerprint density at radius 3 is 2.55 bits per heavy atom. The summed E-state index contributed by atoms with van der Waals surface area (Å²) in [4.78, 5) is 25.9. The summed E-state index contributed by atoms with van der Waals surface area (Å²) in [5.41, 5.74) is 0.467. The van der Waals surface area contributed by atoms with Crippen LogP contribution < -0.4 is 14.8 Å². The third-order valence-corrected chi connectivity index (χ3v) is 5.09. The van der Waals surface area contributed by atoms with Gasteiger partial charge < -0.3 is 24.3 Å². The molecular formula is C20H27N5O4. The van der Waals surface area contributed by atoms with Gasteiger partial charge >= 0.3 is 0 Å². The lowest BCUT2D eigenvalue weighted by Gasteiger charge is -2.31. The van der Waals surface area contributed by atoms with Crippen LogP contribution >= 0.6 is 0 Å². The molecule has 1 saturated heterocycles. The first kappa shape index (κ1) is 20.6. The number of ether oxygens (including phenoxy) is 2. The molecule has 1 aliphatic heterocycles. The Bertz CT molecular complexity index is 874. The second kappa shape index (κ2) is 8.93. The highest BCUT2D eigenvalue weighted by atomic mass is 16.5. The molecule has 2 heterocycles. The lowest BCUT2D eigenvalue weighted by Crippen LogP contribution is -2.40. The van der Waals surface area contributed by atoms with Crippen molar-refractivity contribution in [2.75, 3.05) is 20.2 Å². The molecule has 29 heavy (non-hydrogen) atoms. The normalized spacial score (nSPS) is 15.7. The zero-order valence-corrected chi connectivity index (χ0v) is 17.2. The number of amides is 2. The van der Waals surface area contributed by atoms with Crippen molar-refractivity contribution in [2.24, 2.45) is 7.05 Å². The minimum atomic E-state index is -0.289. The van der Waals surface area contributed by atoms with Gasteiger partial charge in [-0.25, -0.2) is 0 Å². The average Bonchev–Trinajstić information content (AvgIpc) is 3.14. The van der Waals surface area contributed by atoms with E-state index in [9.17, 15) is 9.59 Å². The number of carbonyl (C=O) groups excluding carboxylic acids is 2. The minimum Gasteiger partial charge on any atom is -0.493 e. The molecule has 0 saturated carbocycles. The highest BCUT2D eigenvalue weighted by Gasteiger charge is 2.23. The Morgan fingerprint density at radius 2 is 1.97 bits per heavy atom. The van der Waals surface area contributed by atoms with Gasteiger partial charge in [-0.15, -0.1) is 10.2 Å². The van der Waals surface area contributed by atoms with E-state index in [-0.39, 0.29) is 24.0 Å². The maximum absolute atomic E-state index is 12.6. The summed E-state index contributed by atoms with van der Waals surface area (Å²) in [7, 11) is 3.37. The molecule has 1 fully saturated rings. The Hall–Kier alpha value is -3.10. The molecule has 3 rings (SSSR count). The number of likely N-dealkylation sites (tertiary alicyclic amines) is 1. The van der Waals surface area contributed by atoms with Gasteiger partial charge in [0.2, 0.25) is 5.91 Å². The molecule has 1 atom stereocenters. The van der Waals surface area contributed by atoms with Crippen molar-refractivity contribution in [1.29, 1.82) is 0 Å². The van der Waals surface area contributed by atoms with Crippen LogP contribution in [0.2, 0.25) is 0 Å². The largest absolute Gasteiger partial charge is 0.493 e.